The Morgan fingerprint density at radius 3 is 1.46 bits per heavy atom. The Morgan fingerprint density at radius 2 is 1.38 bits per heavy atom. The second-order valence-corrected chi connectivity index (χ2v) is 6.75. The fourth-order valence-electron chi connectivity index (χ4n) is 0.776. The van der Waals surface area contributed by atoms with Gasteiger partial charge in [0.25, 0.3) is 0 Å². The number of aliphatic hydroxyl groups is 1. The molecule has 0 aromatic rings. The summed E-state index contributed by atoms with van der Waals surface area (Å²) in [7, 11) is -9.75. The third kappa shape index (κ3) is 4.88. The Kier molecular flexibility index (Phi) is 4.27. The van der Waals surface area contributed by atoms with Gasteiger partial charge in [-0.2, -0.15) is 0 Å². The first kappa shape index (κ1) is 13.3. The molecule has 0 aromatic carbocycles. The average molecular weight is 234 g/mol. The van der Waals surface area contributed by atoms with E-state index in [0.717, 1.165) is 0 Å². The van der Waals surface area contributed by atoms with Crippen molar-refractivity contribution in [3.8, 4) is 0 Å². The predicted molar refractivity (Wildman–Crippen MR) is 44.2 cm³/mol. The molecule has 0 amide bonds. The van der Waals surface area contributed by atoms with E-state index in [4.69, 9.17) is 24.7 Å². The maximum Gasteiger partial charge on any atom is 0.340 e. The van der Waals surface area contributed by atoms with Gasteiger partial charge in [-0.05, 0) is 13.3 Å². The highest BCUT2D eigenvalue weighted by Crippen LogP contribution is 2.61. The van der Waals surface area contributed by atoms with Gasteiger partial charge in [-0.25, -0.2) is 0 Å². The molecule has 0 aliphatic rings. The van der Waals surface area contributed by atoms with E-state index in [-0.39, 0.29) is 0 Å². The molecule has 1 atom stereocenters. The minimum atomic E-state index is -4.87. The topological polar surface area (TPSA) is 135 Å². The van der Waals surface area contributed by atoms with Crippen LogP contribution >= 0.6 is 15.2 Å². The quantitative estimate of drug-likeness (QED) is 0.411. The van der Waals surface area contributed by atoms with Crippen LogP contribution in [0.5, 0.6) is 0 Å². The normalized spacial score (nSPS) is 16.2. The van der Waals surface area contributed by atoms with Crippen LogP contribution in [-0.4, -0.2) is 36.2 Å². The van der Waals surface area contributed by atoms with Crippen LogP contribution in [0.3, 0.4) is 0 Å². The Labute approximate surface area is 74.7 Å². The summed E-state index contributed by atoms with van der Waals surface area (Å²) in [5, 5.41) is 6.65. The van der Waals surface area contributed by atoms with Crippen LogP contribution in [-0.2, 0) is 9.13 Å². The maximum atomic E-state index is 10.6. The highest BCUT2D eigenvalue weighted by Gasteiger charge is 2.43. The highest BCUT2D eigenvalue weighted by molar-refractivity contribution is 7.70. The van der Waals surface area contributed by atoms with E-state index in [0.29, 0.717) is 0 Å². The third-order valence-electron chi connectivity index (χ3n) is 1.33. The molecular formula is C4H12O7P2. The first-order chi connectivity index (χ1) is 5.55. The average Bonchev–Trinajstić information content (AvgIpc) is 1.77. The second kappa shape index (κ2) is 4.19. The van der Waals surface area contributed by atoms with Crippen molar-refractivity contribution >= 4 is 15.2 Å². The summed E-state index contributed by atoms with van der Waals surface area (Å²) >= 11 is 0. The van der Waals surface area contributed by atoms with Gasteiger partial charge in [0, 0.05) is 0 Å². The van der Waals surface area contributed by atoms with E-state index in [1.54, 1.807) is 0 Å². The fraction of sp³-hybridized carbons (Fsp3) is 1.00. The first-order valence-electron chi connectivity index (χ1n) is 3.33. The molecule has 0 saturated heterocycles. The molecule has 0 spiro atoms. The first-order valence-corrected chi connectivity index (χ1v) is 6.70. The lowest BCUT2D eigenvalue weighted by molar-refractivity contribution is 0.181. The summed E-state index contributed by atoms with van der Waals surface area (Å²) in [5.41, 5.74) is 0. The van der Waals surface area contributed by atoms with Gasteiger partial charge in [0.05, 0.1) is 6.10 Å². The van der Waals surface area contributed by atoms with Gasteiger partial charge in [0.15, 0.2) is 5.40 Å². The fourth-order valence-corrected chi connectivity index (χ4v) is 3.50. The summed E-state index contributed by atoms with van der Waals surface area (Å²) in [6, 6.07) is 0. The zero-order valence-corrected chi connectivity index (χ0v) is 8.60. The van der Waals surface area contributed by atoms with E-state index in [1.807, 2.05) is 0 Å². The molecule has 0 radical (unpaired) electrons. The van der Waals surface area contributed by atoms with Gasteiger partial charge >= 0.3 is 15.2 Å². The molecule has 0 aliphatic heterocycles. The summed E-state index contributed by atoms with van der Waals surface area (Å²) in [6.45, 7) is 1.19. The van der Waals surface area contributed by atoms with E-state index < -0.39 is 33.1 Å². The second-order valence-electron chi connectivity index (χ2n) is 2.74. The Hall–Kier alpha value is 0.260. The van der Waals surface area contributed by atoms with Crippen molar-refractivity contribution in [3.05, 3.63) is 0 Å². The molecule has 0 aliphatic carbocycles. The van der Waals surface area contributed by atoms with Crippen LogP contribution in [0, 0.1) is 0 Å². The van der Waals surface area contributed by atoms with Crippen molar-refractivity contribution in [2.24, 2.45) is 0 Å². The van der Waals surface area contributed by atoms with Crippen LogP contribution < -0.4 is 0 Å². The molecule has 0 saturated carbocycles. The summed E-state index contributed by atoms with van der Waals surface area (Å²) in [5.74, 6) is 0. The zero-order chi connectivity index (χ0) is 10.9. The molecular weight excluding hydrogens is 222 g/mol. The van der Waals surface area contributed by atoms with Crippen molar-refractivity contribution in [2.45, 2.75) is 24.8 Å². The summed E-state index contributed by atoms with van der Waals surface area (Å²) in [4.78, 5) is 34.3. The molecule has 0 fully saturated rings. The molecule has 80 valence electrons. The molecule has 1 unspecified atom stereocenters. The van der Waals surface area contributed by atoms with Crippen LogP contribution in [0.1, 0.15) is 13.3 Å². The van der Waals surface area contributed by atoms with Crippen LogP contribution in [0.4, 0.5) is 0 Å². The number of aliphatic hydroxyl groups excluding tert-OH is 1. The molecule has 0 aromatic heterocycles. The minimum absolute atomic E-state index is 0.630. The van der Waals surface area contributed by atoms with Crippen molar-refractivity contribution in [2.75, 3.05) is 0 Å². The lowest BCUT2D eigenvalue weighted by atomic mass is 10.3. The van der Waals surface area contributed by atoms with Crippen molar-refractivity contribution in [3.63, 3.8) is 0 Å². The number of hydrogen-bond donors (Lipinski definition) is 5. The lowest BCUT2D eigenvalue weighted by Gasteiger charge is -2.20. The molecule has 0 bridgehead atoms. The Morgan fingerprint density at radius 1 is 1.08 bits per heavy atom. The van der Waals surface area contributed by atoms with Crippen molar-refractivity contribution in [1.29, 1.82) is 0 Å². The highest BCUT2D eigenvalue weighted by atomic mass is 31.2. The molecule has 5 N–H and O–H groups in total. The Balaban J connectivity index is 4.80. The third-order valence-corrected chi connectivity index (χ3v) is 5.11. The largest absolute Gasteiger partial charge is 0.393 e. The molecule has 0 rings (SSSR count). The van der Waals surface area contributed by atoms with Crippen LogP contribution in [0.25, 0.3) is 0 Å². The van der Waals surface area contributed by atoms with Crippen molar-refractivity contribution < 1.29 is 33.8 Å². The van der Waals surface area contributed by atoms with Gasteiger partial charge in [0.1, 0.15) is 0 Å². The number of hydrogen-bond acceptors (Lipinski definition) is 3. The number of rotatable bonds is 4. The van der Waals surface area contributed by atoms with E-state index in [1.165, 1.54) is 6.92 Å². The molecule has 13 heavy (non-hydrogen) atoms. The molecule has 0 heterocycles. The van der Waals surface area contributed by atoms with Crippen LogP contribution in [0.15, 0.2) is 0 Å². The smallest absolute Gasteiger partial charge is 0.340 e. The molecule has 7 nitrogen and oxygen atoms in total. The van der Waals surface area contributed by atoms with Gasteiger partial charge < -0.3 is 24.7 Å². The van der Waals surface area contributed by atoms with E-state index >= 15 is 0 Å². The van der Waals surface area contributed by atoms with Gasteiger partial charge in [0.2, 0.25) is 0 Å². The maximum absolute atomic E-state index is 10.6. The lowest BCUT2D eigenvalue weighted by Crippen LogP contribution is -2.16. The predicted octanol–water partition coefficient (Wildman–Crippen LogP) is -0.561. The van der Waals surface area contributed by atoms with E-state index in [2.05, 4.69) is 0 Å². The summed E-state index contributed by atoms with van der Waals surface area (Å²) in [6.07, 6.45) is -1.81. The van der Waals surface area contributed by atoms with Gasteiger partial charge in [-0.3, -0.25) is 9.13 Å². The standard InChI is InChI=1S/C4H12O7P2/c1-3(5)2-4(12(6,7)8)13(9,10)11/h3-5H,2H2,1H3,(H2,6,7,8)(H2,9,10,11). The van der Waals surface area contributed by atoms with Gasteiger partial charge in [-0.15, -0.1) is 0 Å². The van der Waals surface area contributed by atoms with Gasteiger partial charge in [-0.1, -0.05) is 0 Å². The Bertz CT molecular complexity index is 227. The van der Waals surface area contributed by atoms with E-state index in [9.17, 15) is 9.13 Å². The van der Waals surface area contributed by atoms with Crippen LogP contribution in [0.2, 0.25) is 0 Å². The van der Waals surface area contributed by atoms with Crippen molar-refractivity contribution in [1.82, 2.24) is 0 Å². The molecule has 9 heteroatoms. The SMILES string of the molecule is CC(O)CC(P(=O)(O)O)P(=O)(O)O. The minimum Gasteiger partial charge on any atom is -0.393 e. The zero-order valence-electron chi connectivity index (χ0n) is 6.81. The monoisotopic (exact) mass is 234 g/mol. The summed E-state index contributed by atoms with van der Waals surface area (Å²) < 4.78 is 21.2.